The van der Waals surface area contributed by atoms with Crippen molar-refractivity contribution in [3.05, 3.63) is 11.3 Å². The third-order valence-electron chi connectivity index (χ3n) is 3.29. The Balaban J connectivity index is 2.29. The van der Waals surface area contributed by atoms with Crippen LogP contribution in [0.2, 0.25) is 0 Å². The number of carbonyl (C=O) groups is 1. The number of hydrogen-bond acceptors (Lipinski definition) is 3. The molecule has 0 aromatic carbocycles. The van der Waals surface area contributed by atoms with Crippen LogP contribution in [0, 0.1) is 0 Å². The van der Waals surface area contributed by atoms with Gasteiger partial charge in [-0.15, -0.1) is 0 Å². The highest BCUT2D eigenvalue weighted by Gasteiger charge is 2.25. The van der Waals surface area contributed by atoms with E-state index in [1.807, 2.05) is 0 Å². The Bertz CT molecular complexity index is 379. The highest BCUT2D eigenvalue weighted by molar-refractivity contribution is 5.99. The van der Waals surface area contributed by atoms with Gasteiger partial charge in [0.05, 0.1) is 5.69 Å². The number of aromatic nitrogens is 2. The zero-order valence-electron chi connectivity index (χ0n) is 9.55. The van der Waals surface area contributed by atoms with Gasteiger partial charge >= 0.3 is 0 Å². The summed E-state index contributed by atoms with van der Waals surface area (Å²) in [5.74, 6) is 0.567. The summed E-state index contributed by atoms with van der Waals surface area (Å²) in [4.78, 5) is 11.7. The van der Waals surface area contributed by atoms with Gasteiger partial charge in [0.15, 0.2) is 5.82 Å². The molecule has 2 rings (SSSR count). The van der Waals surface area contributed by atoms with E-state index >= 15 is 0 Å². The largest absolute Gasteiger partial charge is 0.382 e. The van der Waals surface area contributed by atoms with Crippen molar-refractivity contribution in [3.8, 4) is 0 Å². The van der Waals surface area contributed by atoms with Crippen molar-refractivity contribution in [2.45, 2.75) is 38.0 Å². The van der Waals surface area contributed by atoms with E-state index in [2.05, 4.69) is 15.5 Å². The molecular weight excluding hydrogens is 204 g/mol. The van der Waals surface area contributed by atoms with Crippen molar-refractivity contribution >= 4 is 11.7 Å². The second kappa shape index (κ2) is 4.55. The molecule has 1 saturated carbocycles. The van der Waals surface area contributed by atoms with Crippen LogP contribution in [0.25, 0.3) is 0 Å². The van der Waals surface area contributed by atoms with Crippen LogP contribution in [0.4, 0.5) is 5.82 Å². The van der Waals surface area contributed by atoms with E-state index in [9.17, 15) is 4.79 Å². The summed E-state index contributed by atoms with van der Waals surface area (Å²) in [6.07, 6.45) is 5.96. The first-order chi connectivity index (χ1) is 7.74. The Morgan fingerprint density at radius 3 is 2.75 bits per heavy atom. The predicted molar refractivity (Wildman–Crippen MR) is 62.2 cm³/mol. The number of nitrogens with zero attached hydrogens (tertiary/aromatic N) is 1. The zero-order valence-corrected chi connectivity index (χ0v) is 9.55. The maximum atomic E-state index is 11.7. The summed E-state index contributed by atoms with van der Waals surface area (Å²) in [7, 11) is 1.61. The van der Waals surface area contributed by atoms with Gasteiger partial charge in [-0.3, -0.25) is 9.89 Å². The Labute approximate surface area is 94.8 Å². The van der Waals surface area contributed by atoms with Crippen LogP contribution in [0.3, 0.4) is 0 Å². The SMILES string of the molecule is CNC(=O)c1c(N)n[nH]c1C1CCCCC1. The first-order valence-corrected chi connectivity index (χ1v) is 5.80. The van der Waals surface area contributed by atoms with Crippen molar-refractivity contribution in [2.24, 2.45) is 0 Å². The third kappa shape index (κ3) is 1.89. The first-order valence-electron chi connectivity index (χ1n) is 5.80. The fourth-order valence-electron chi connectivity index (χ4n) is 2.42. The van der Waals surface area contributed by atoms with Crippen LogP contribution in [0.1, 0.15) is 54.1 Å². The minimum Gasteiger partial charge on any atom is -0.382 e. The molecule has 1 aliphatic rings. The van der Waals surface area contributed by atoms with Crippen LogP contribution in [0.15, 0.2) is 0 Å². The van der Waals surface area contributed by atoms with E-state index in [1.165, 1.54) is 19.3 Å². The van der Waals surface area contributed by atoms with Gasteiger partial charge in [-0.2, -0.15) is 5.10 Å². The Morgan fingerprint density at radius 2 is 2.12 bits per heavy atom. The molecule has 4 N–H and O–H groups in total. The molecule has 1 heterocycles. The Hall–Kier alpha value is -1.52. The summed E-state index contributed by atoms with van der Waals surface area (Å²) in [5, 5.41) is 9.48. The molecule has 0 aliphatic heterocycles. The lowest BCUT2D eigenvalue weighted by Crippen LogP contribution is -2.21. The summed E-state index contributed by atoms with van der Waals surface area (Å²) >= 11 is 0. The number of amides is 1. The van der Waals surface area contributed by atoms with E-state index in [1.54, 1.807) is 7.05 Å². The molecular formula is C11H18N4O. The summed E-state index contributed by atoms with van der Waals surface area (Å²) in [6, 6.07) is 0. The molecule has 0 atom stereocenters. The quantitative estimate of drug-likeness (QED) is 0.707. The molecule has 0 bridgehead atoms. The topological polar surface area (TPSA) is 83.8 Å². The second-order valence-electron chi connectivity index (χ2n) is 4.31. The van der Waals surface area contributed by atoms with E-state index in [0.29, 0.717) is 17.3 Å². The lowest BCUT2D eigenvalue weighted by Gasteiger charge is -2.21. The molecule has 1 aromatic heterocycles. The van der Waals surface area contributed by atoms with Crippen molar-refractivity contribution in [1.29, 1.82) is 0 Å². The number of carbonyl (C=O) groups excluding carboxylic acids is 1. The number of rotatable bonds is 2. The number of hydrogen-bond donors (Lipinski definition) is 3. The van der Waals surface area contributed by atoms with E-state index < -0.39 is 0 Å². The maximum absolute atomic E-state index is 11.7. The Kier molecular flexibility index (Phi) is 3.12. The molecule has 1 aliphatic carbocycles. The minimum absolute atomic E-state index is 0.146. The normalized spacial score (nSPS) is 17.3. The first kappa shape index (κ1) is 11.0. The van der Waals surface area contributed by atoms with E-state index in [-0.39, 0.29) is 5.91 Å². The molecule has 1 fully saturated rings. The molecule has 5 nitrogen and oxygen atoms in total. The number of nitrogens with one attached hydrogen (secondary N) is 2. The second-order valence-corrected chi connectivity index (χ2v) is 4.31. The molecule has 16 heavy (non-hydrogen) atoms. The van der Waals surface area contributed by atoms with Crippen molar-refractivity contribution in [3.63, 3.8) is 0 Å². The molecule has 0 radical (unpaired) electrons. The standard InChI is InChI=1S/C11H18N4O/c1-13-11(16)8-9(14-15-10(8)12)7-5-3-2-4-6-7/h7H,2-6H2,1H3,(H,13,16)(H3,12,14,15). The van der Waals surface area contributed by atoms with E-state index in [0.717, 1.165) is 18.5 Å². The van der Waals surface area contributed by atoms with Crippen LogP contribution in [-0.4, -0.2) is 23.2 Å². The molecule has 0 spiro atoms. The predicted octanol–water partition coefficient (Wildman–Crippen LogP) is 1.40. The van der Waals surface area contributed by atoms with Crippen molar-refractivity contribution in [2.75, 3.05) is 12.8 Å². The lowest BCUT2D eigenvalue weighted by atomic mass is 9.85. The number of aromatic amines is 1. The fourth-order valence-corrected chi connectivity index (χ4v) is 2.42. The van der Waals surface area contributed by atoms with Gasteiger partial charge in [-0.05, 0) is 12.8 Å². The van der Waals surface area contributed by atoms with Crippen molar-refractivity contribution < 1.29 is 4.79 Å². The average Bonchev–Trinajstić information content (AvgIpc) is 2.71. The zero-order chi connectivity index (χ0) is 11.5. The molecule has 88 valence electrons. The van der Waals surface area contributed by atoms with Crippen molar-refractivity contribution in [1.82, 2.24) is 15.5 Å². The molecule has 0 saturated heterocycles. The van der Waals surface area contributed by atoms with Gasteiger partial charge in [0.2, 0.25) is 0 Å². The number of anilines is 1. The smallest absolute Gasteiger partial charge is 0.256 e. The van der Waals surface area contributed by atoms with Gasteiger partial charge in [-0.25, -0.2) is 0 Å². The summed E-state index contributed by atoms with van der Waals surface area (Å²) in [5.41, 5.74) is 7.17. The van der Waals surface area contributed by atoms with Gasteiger partial charge in [0, 0.05) is 13.0 Å². The molecule has 0 unspecified atom stereocenters. The van der Waals surface area contributed by atoms with Crippen LogP contribution < -0.4 is 11.1 Å². The minimum atomic E-state index is -0.146. The highest BCUT2D eigenvalue weighted by Crippen LogP contribution is 2.34. The number of H-pyrrole nitrogens is 1. The monoisotopic (exact) mass is 222 g/mol. The lowest BCUT2D eigenvalue weighted by molar-refractivity contribution is 0.0962. The van der Waals surface area contributed by atoms with Crippen LogP contribution >= 0.6 is 0 Å². The van der Waals surface area contributed by atoms with Gasteiger partial charge in [0.1, 0.15) is 5.56 Å². The Morgan fingerprint density at radius 1 is 1.44 bits per heavy atom. The highest BCUT2D eigenvalue weighted by atomic mass is 16.1. The van der Waals surface area contributed by atoms with Crippen LogP contribution in [0.5, 0.6) is 0 Å². The van der Waals surface area contributed by atoms with Gasteiger partial charge in [-0.1, -0.05) is 19.3 Å². The van der Waals surface area contributed by atoms with E-state index in [4.69, 9.17) is 5.73 Å². The molecule has 1 aromatic rings. The fraction of sp³-hybridized carbons (Fsp3) is 0.636. The van der Waals surface area contributed by atoms with Gasteiger partial charge < -0.3 is 11.1 Å². The summed E-state index contributed by atoms with van der Waals surface area (Å²) < 4.78 is 0. The van der Waals surface area contributed by atoms with Gasteiger partial charge in [0.25, 0.3) is 5.91 Å². The number of nitrogen functional groups attached to an aromatic ring is 1. The third-order valence-corrected chi connectivity index (χ3v) is 3.29. The maximum Gasteiger partial charge on any atom is 0.256 e. The summed E-state index contributed by atoms with van der Waals surface area (Å²) in [6.45, 7) is 0. The van der Waals surface area contributed by atoms with Crippen LogP contribution in [-0.2, 0) is 0 Å². The molecule has 5 heteroatoms. The average molecular weight is 222 g/mol. The number of nitrogens with two attached hydrogens (primary N) is 1. The molecule has 1 amide bonds.